The van der Waals surface area contributed by atoms with Crippen molar-refractivity contribution in [1.82, 2.24) is 5.32 Å². The number of alkyl halides is 3. The maximum absolute atomic E-state index is 12.5. The first-order valence-electron chi connectivity index (χ1n) is 5.94. The fraction of sp³-hybridized carbons (Fsp3) is 0.385. The highest BCUT2D eigenvalue weighted by Gasteiger charge is 2.30. The lowest BCUT2D eigenvalue weighted by molar-refractivity contribution is -0.137. The Hall–Kier alpha value is -2.05. The number of hydrogen-bond acceptors (Lipinski definition) is 2. The molecule has 0 saturated carbocycles. The van der Waals surface area contributed by atoms with Gasteiger partial charge in [0.15, 0.2) is 0 Å². The summed E-state index contributed by atoms with van der Waals surface area (Å²) in [4.78, 5) is 14.2. The Bertz CT molecular complexity index is 475. The van der Waals surface area contributed by atoms with Crippen LogP contribution in [0, 0.1) is 0 Å². The fourth-order valence-corrected chi connectivity index (χ4v) is 1.44. The van der Waals surface area contributed by atoms with Crippen molar-refractivity contribution in [3.8, 4) is 5.75 Å². The van der Waals surface area contributed by atoms with Crippen molar-refractivity contribution >= 4 is 12.7 Å². The van der Waals surface area contributed by atoms with Gasteiger partial charge in [0.2, 0.25) is 0 Å². The molecule has 1 rings (SSSR count). The zero-order valence-electron chi connectivity index (χ0n) is 10.9. The van der Waals surface area contributed by atoms with Gasteiger partial charge in [-0.25, -0.2) is 9.79 Å². The maximum atomic E-state index is 12.5. The van der Waals surface area contributed by atoms with Crippen LogP contribution in [0.25, 0.3) is 0 Å². The zero-order chi connectivity index (χ0) is 15.2. The van der Waals surface area contributed by atoms with E-state index in [9.17, 15) is 18.0 Å². The summed E-state index contributed by atoms with van der Waals surface area (Å²) in [5.41, 5.74) is -0.778. The van der Waals surface area contributed by atoms with Crippen LogP contribution in [0.2, 0.25) is 0 Å². The van der Waals surface area contributed by atoms with E-state index in [1.807, 2.05) is 6.92 Å². The van der Waals surface area contributed by atoms with Crippen molar-refractivity contribution in [2.75, 3.05) is 6.61 Å². The fourth-order valence-electron chi connectivity index (χ4n) is 1.44. The summed E-state index contributed by atoms with van der Waals surface area (Å²) < 4.78 is 42.8. The van der Waals surface area contributed by atoms with E-state index >= 15 is 0 Å². The van der Waals surface area contributed by atoms with Crippen LogP contribution in [0.4, 0.5) is 18.0 Å². The number of carbonyl (C=O) groups excluding carboxylic acids is 1. The number of benzene rings is 1. The SMILES string of the molecule is C=NC(=O)NC(CC)COc1cccc(C(F)(F)F)c1. The number of hydrogen-bond donors (Lipinski definition) is 1. The molecule has 0 aliphatic carbocycles. The molecule has 0 aliphatic heterocycles. The van der Waals surface area contributed by atoms with Crippen molar-refractivity contribution < 1.29 is 22.7 Å². The third-order valence-corrected chi connectivity index (χ3v) is 2.58. The molecule has 1 aromatic carbocycles. The van der Waals surface area contributed by atoms with Crippen LogP contribution in [-0.2, 0) is 6.18 Å². The minimum Gasteiger partial charge on any atom is -0.491 e. The van der Waals surface area contributed by atoms with Crippen LogP contribution in [0.15, 0.2) is 29.3 Å². The van der Waals surface area contributed by atoms with Gasteiger partial charge in [0.1, 0.15) is 12.4 Å². The van der Waals surface area contributed by atoms with Crippen LogP contribution in [0.3, 0.4) is 0 Å². The summed E-state index contributed by atoms with van der Waals surface area (Å²) in [5, 5.41) is 2.52. The van der Waals surface area contributed by atoms with Crippen molar-refractivity contribution in [1.29, 1.82) is 0 Å². The second-order valence-corrected chi connectivity index (χ2v) is 4.05. The molecule has 0 radical (unpaired) electrons. The summed E-state index contributed by atoms with van der Waals surface area (Å²) in [6.07, 6.45) is -3.86. The summed E-state index contributed by atoms with van der Waals surface area (Å²) >= 11 is 0. The molecule has 0 aromatic heterocycles. The molecule has 4 nitrogen and oxygen atoms in total. The molecule has 7 heteroatoms. The minimum atomic E-state index is -4.41. The standard InChI is InChI=1S/C13H15F3N2O2/c1-3-10(18-12(19)17-2)8-20-11-6-4-5-9(7-11)13(14,15)16/h4-7,10H,2-3,8H2,1H3,(H,18,19). The first kappa shape index (κ1) is 16.0. The summed E-state index contributed by atoms with van der Waals surface area (Å²) in [5.74, 6) is 0.0964. The van der Waals surface area contributed by atoms with Gasteiger partial charge in [0, 0.05) is 0 Å². The van der Waals surface area contributed by atoms with Crippen LogP contribution >= 0.6 is 0 Å². The molecule has 1 unspecified atom stereocenters. The molecular weight excluding hydrogens is 273 g/mol. The Morgan fingerprint density at radius 1 is 1.50 bits per heavy atom. The highest BCUT2D eigenvalue weighted by molar-refractivity contribution is 5.78. The molecule has 0 spiro atoms. The predicted molar refractivity (Wildman–Crippen MR) is 69.1 cm³/mol. The van der Waals surface area contributed by atoms with Crippen molar-refractivity contribution in [2.45, 2.75) is 25.6 Å². The maximum Gasteiger partial charge on any atom is 0.416 e. The van der Waals surface area contributed by atoms with E-state index < -0.39 is 17.8 Å². The number of nitrogens with zero attached hydrogens (tertiary/aromatic N) is 1. The van der Waals surface area contributed by atoms with E-state index in [0.29, 0.717) is 6.42 Å². The quantitative estimate of drug-likeness (QED) is 0.845. The van der Waals surface area contributed by atoms with Gasteiger partial charge < -0.3 is 10.1 Å². The number of aliphatic imine (C=N–C) groups is 1. The Morgan fingerprint density at radius 3 is 2.75 bits per heavy atom. The predicted octanol–water partition coefficient (Wildman–Crippen LogP) is 3.27. The Balaban J connectivity index is 2.64. The molecule has 0 saturated heterocycles. The van der Waals surface area contributed by atoms with Crippen LogP contribution < -0.4 is 10.1 Å². The lowest BCUT2D eigenvalue weighted by Crippen LogP contribution is -2.36. The number of nitrogens with one attached hydrogen (secondary N) is 1. The third kappa shape index (κ3) is 4.91. The number of carbonyl (C=O) groups is 1. The van der Waals surface area contributed by atoms with Gasteiger partial charge in [-0.15, -0.1) is 0 Å². The van der Waals surface area contributed by atoms with Gasteiger partial charge in [-0.05, 0) is 31.3 Å². The second-order valence-electron chi connectivity index (χ2n) is 4.05. The second kappa shape index (κ2) is 6.93. The molecule has 1 atom stereocenters. The molecule has 0 fully saturated rings. The van der Waals surface area contributed by atoms with E-state index in [-0.39, 0.29) is 18.4 Å². The van der Waals surface area contributed by atoms with Gasteiger partial charge in [-0.1, -0.05) is 13.0 Å². The summed E-state index contributed by atoms with van der Waals surface area (Å²) in [6, 6.07) is 3.64. The summed E-state index contributed by atoms with van der Waals surface area (Å²) in [6.45, 7) is 4.94. The topological polar surface area (TPSA) is 50.7 Å². The Kier molecular flexibility index (Phi) is 5.54. The third-order valence-electron chi connectivity index (χ3n) is 2.58. The number of urea groups is 1. The van der Waals surface area contributed by atoms with E-state index in [0.717, 1.165) is 12.1 Å². The van der Waals surface area contributed by atoms with Crippen molar-refractivity contribution in [2.24, 2.45) is 4.99 Å². The number of halogens is 3. The van der Waals surface area contributed by atoms with Crippen LogP contribution in [-0.4, -0.2) is 25.4 Å². The molecule has 2 amide bonds. The molecule has 0 bridgehead atoms. The largest absolute Gasteiger partial charge is 0.491 e. The molecule has 110 valence electrons. The Morgan fingerprint density at radius 2 is 2.20 bits per heavy atom. The highest BCUT2D eigenvalue weighted by atomic mass is 19.4. The average Bonchev–Trinajstić information content (AvgIpc) is 2.42. The first-order chi connectivity index (χ1) is 9.36. The lowest BCUT2D eigenvalue weighted by atomic mass is 10.2. The first-order valence-corrected chi connectivity index (χ1v) is 5.94. The van der Waals surface area contributed by atoms with Crippen molar-refractivity contribution in [3.05, 3.63) is 29.8 Å². The van der Waals surface area contributed by atoms with E-state index in [1.165, 1.54) is 12.1 Å². The van der Waals surface area contributed by atoms with E-state index in [4.69, 9.17) is 4.74 Å². The number of rotatable bonds is 5. The van der Waals surface area contributed by atoms with Gasteiger partial charge in [0.25, 0.3) is 0 Å². The highest BCUT2D eigenvalue weighted by Crippen LogP contribution is 2.31. The van der Waals surface area contributed by atoms with Gasteiger partial charge in [-0.2, -0.15) is 13.2 Å². The number of amides is 2. The van der Waals surface area contributed by atoms with E-state index in [1.54, 1.807) is 0 Å². The van der Waals surface area contributed by atoms with Gasteiger partial charge >= 0.3 is 12.2 Å². The van der Waals surface area contributed by atoms with Gasteiger partial charge in [0.05, 0.1) is 11.6 Å². The average molecular weight is 288 g/mol. The zero-order valence-corrected chi connectivity index (χ0v) is 10.9. The minimum absolute atomic E-state index is 0.0546. The molecule has 20 heavy (non-hydrogen) atoms. The lowest BCUT2D eigenvalue weighted by Gasteiger charge is -2.17. The van der Waals surface area contributed by atoms with Crippen LogP contribution in [0.1, 0.15) is 18.9 Å². The molecule has 1 N–H and O–H groups in total. The van der Waals surface area contributed by atoms with Gasteiger partial charge in [-0.3, -0.25) is 0 Å². The monoisotopic (exact) mass is 288 g/mol. The van der Waals surface area contributed by atoms with Crippen LogP contribution in [0.5, 0.6) is 5.75 Å². The number of ether oxygens (including phenoxy) is 1. The van der Waals surface area contributed by atoms with Crippen molar-refractivity contribution in [3.63, 3.8) is 0 Å². The van der Waals surface area contributed by atoms with E-state index in [2.05, 4.69) is 17.0 Å². The molecule has 0 heterocycles. The molecule has 1 aromatic rings. The normalized spacial score (nSPS) is 12.6. The molecule has 0 aliphatic rings. The smallest absolute Gasteiger partial charge is 0.416 e. The Labute approximate surface area is 114 Å². The molecular formula is C13H15F3N2O2. The summed E-state index contributed by atoms with van der Waals surface area (Å²) in [7, 11) is 0.